The molecule has 4 heteroatoms. The van der Waals surface area contributed by atoms with Crippen molar-refractivity contribution in [3.8, 4) is 17.2 Å². The molecular weight excluding hydrogens is 268 g/mol. The third kappa shape index (κ3) is 2.99. The average molecular weight is 286 g/mol. The Morgan fingerprint density at radius 1 is 1.14 bits per heavy atom. The number of carbonyl (C=O) groups is 1. The Labute approximate surface area is 123 Å². The molecular formula is C17H18O4. The molecule has 0 spiro atoms. The number of hydrogen-bond donors (Lipinski definition) is 2. The van der Waals surface area contributed by atoms with Gasteiger partial charge >= 0.3 is 0 Å². The van der Waals surface area contributed by atoms with E-state index in [2.05, 4.69) is 0 Å². The van der Waals surface area contributed by atoms with E-state index in [1.165, 1.54) is 12.1 Å². The zero-order valence-corrected chi connectivity index (χ0v) is 12.0. The van der Waals surface area contributed by atoms with Crippen molar-refractivity contribution in [3.63, 3.8) is 0 Å². The highest BCUT2D eigenvalue weighted by molar-refractivity contribution is 5.90. The van der Waals surface area contributed by atoms with E-state index >= 15 is 0 Å². The van der Waals surface area contributed by atoms with Crippen LogP contribution in [-0.2, 0) is 4.79 Å². The van der Waals surface area contributed by atoms with Gasteiger partial charge in [0.15, 0.2) is 0 Å². The number of benzene rings is 2. The number of Topliss-reactive ketones (excluding diaryl/α,β-unsaturated/α-hetero) is 1. The summed E-state index contributed by atoms with van der Waals surface area (Å²) >= 11 is 0. The predicted molar refractivity (Wildman–Crippen MR) is 79.9 cm³/mol. The monoisotopic (exact) mass is 286 g/mol. The normalized spacial score (nSPS) is 11.9. The van der Waals surface area contributed by atoms with Crippen molar-refractivity contribution in [1.82, 2.24) is 0 Å². The highest BCUT2D eigenvalue weighted by Gasteiger charge is 2.26. The molecule has 1 unspecified atom stereocenters. The molecule has 0 amide bonds. The Morgan fingerprint density at radius 2 is 1.86 bits per heavy atom. The third-order valence-electron chi connectivity index (χ3n) is 3.45. The Morgan fingerprint density at radius 3 is 2.48 bits per heavy atom. The van der Waals surface area contributed by atoms with Gasteiger partial charge in [-0.25, -0.2) is 0 Å². The fourth-order valence-corrected chi connectivity index (χ4v) is 2.40. The van der Waals surface area contributed by atoms with Crippen LogP contribution >= 0.6 is 0 Å². The molecule has 0 saturated heterocycles. The zero-order valence-electron chi connectivity index (χ0n) is 12.0. The largest absolute Gasteiger partial charge is 0.508 e. The third-order valence-corrected chi connectivity index (χ3v) is 3.45. The Balaban J connectivity index is 2.61. The number of phenolic OH excluding ortho intramolecular Hbond substituents is 2. The molecule has 4 nitrogen and oxygen atoms in total. The summed E-state index contributed by atoms with van der Waals surface area (Å²) in [6.45, 7) is 1.78. The van der Waals surface area contributed by atoms with Gasteiger partial charge in [0.25, 0.3) is 0 Å². The van der Waals surface area contributed by atoms with Gasteiger partial charge in [-0.05, 0) is 12.1 Å². The fourth-order valence-electron chi connectivity index (χ4n) is 2.40. The summed E-state index contributed by atoms with van der Waals surface area (Å²) in [6, 6.07) is 11.5. The highest BCUT2D eigenvalue weighted by Crippen LogP contribution is 2.38. The van der Waals surface area contributed by atoms with E-state index < -0.39 is 5.92 Å². The van der Waals surface area contributed by atoms with Crippen LogP contribution in [0.4, 0.5) is 0 Å². The van der Waals surface area contributed by atoms with Gasteiger partial charge in [0.05, 0.1) is 13.0 Å². The van der Waals surface area contributed by atoms with Gasteiger partial charge in [0, 0.05) is 23.6 Å². The molecule has 21 heavy (non-hydrogen) atoms. The number of hydrogen-bond acceptors (Lipinski definition) is 4. The summed E-state index contributed by atoms with van der Waals surface area (Å²) in [5.41, 5.74) is 1.16. The van der Waals surface area contributed by atoms with E-state index in [9.17, 15) is 15.0 Å². The second-order valence-corrected chi connectivity index (χ2v) is 4.74. The second kappa shape index (κ2) is 6.31. The average Bonchev–Trinajstić information content (AvgIpc) is 2.49. The summed E-state index contributed by atoms with van der Waals surface area (Å²) in [5, 5.41) is 19.5. The Hall–Kier alpha value is -2.49. The summed E-state index contributed by atoms with van der Waals surface area (Å²) in [5.74, 6) is -0.198. The van der Waals surface area contributed by atoms with E-state index in [1.54, 1.807) is 26.2 Å². The second-order valence-electron chi connectivity index (χ2n) is 4.74. The minimum absolute atomic E-state index is 0.0273. The maximum absolute atomic E-state index is 12.4. The van der Waals surface area contributed by atoms with Crippen molar-refractivity contribution in [1.29, 1.82) is 0 Å². The van der Waals surface area contributed by atoms with Crippen LogP contribution in [-0.4, -0.2) is 23.1 Å². The van der Waals surface area contributed by atoms with Crippen LogP contribution in [0, 0.1) is 0 Å². The lowest BCUT2D eigenvalue weighted by molar-refractivity contribution is -0.119. The topological polar surface area (TPSA) is 66.8 Å². The molecule has 0 bridgehead atoms. The van der Waals surface area contributed by atoms with E-state index in [1.807, 2.05) is 18.2 Å². The molecule has 1 atom stereocenters. The molecule has 0 fully saturated rings. The number of methoxy groups -OCH3 is 1. The lowest BCUT2D eigenvalue weighted by Gasteiger charge is -2.20. The molecule has 0 aliphatic rings. The van der Waals surface area contributed by atoms with Gasteiger partial charge in [-0.2, -0.15) is 0 Å². The number of para-hydroxylation sites is 1. The number of carbonyl (C=O) groups excluding carboxylic acids is 1. The zero-order chi connectivity index (χ0) is 15.4. The summed E-state index contributed by atoms with van der Waals surface area (Å²) in [6.07, 6.45) is 0.336. The molecule has 0 aliphatic carbocycles. The van der Waals surface area contributed by atoms with Gasteiger partial charge < -0.3 is 14.9 Å². The van der Waals surface area contributed by atoms with Crippen molar-refractivity contribution in [2.75, 3.05) is 7.11 Å². The van der Waals surface area contributed by atoms with Crippen molar-refractivity contribution < 1.29 is 19.7 Å². The summed E-state index contributed by atoms with van der Waals surface area (Å²) in [7, 11) is 1.54. The SMILES string of the molecule is CCC(=O)C(c1ccc(O)cc1O)c1ccccc1OC. The van der Waals surface area contributed by atoms with Crippen molar-refractivity contribution in [2.45, 2.75) is 19.3 Å². The van der Waals surface area contributed by atoms with Crippen LogP contribution in [0.25, 0.3) is 0 Å². The molecule has 0 heterocycles. The molecule has 2 aromatic rings. The molecule has 2 N–H and O–H groups in total. The van der Waals surface area contributed by atoms with Crippen LogP contribution in [0.5, 0.6) is 17.2 Å². The molecule has 110 valence electrons. The molecule has 0 aromatic heterocycles. The highest BCUT2D eigenvalue weighted by atomic mass is 16.5. The van der Waals surface area contributed by atoms with Crippen LogP contribution < -0.4 is 4.74 Å². The minimum Gasteiger partial charge on any atom is -0.508 e. The predicted octanol–water partition coefficient (Wildman–Crippen LogP) is 3.22. The lowest BCUT2D eigenvalue weighted by atomic mass is 9.85. The van der Waals surface area contributed by atoms with Crippen LogP contribution in [0.2, 0.25) is 0 Å². The Bertz CT molecular complexity index is 649. The quantitative estimate of drug-likeness (QED) is 0.885. The van der Waals surface area contributed by atoms with E-state index in [0.29, 0.717) is 23.3 Å². The van der Waals surface area contributed by atoms with Gasteiger partial charge in [0.2, 0.25) is 0 Å². The van der Waals surface area contributed by atoms with Crippen molar-refractivity contribution in [3.05, 3.63) is 53.6 Å². The fraction of sp³-hybridized carbons (Fsp3) is 0.235. The molecule has 2 rings (SSSR count). The van der Waals surface area contributed by atoms with Crippen molar-refractivity contribution in [2.24, 2.45) is 0 Å². The summed E-state index contributed by atoms with van der Waals surface area (Å²) in [4.78, 5) is 12.4. The maximum Gasteiger partial charge on any atom is 0.144 e. The van der Waals surface area contributed by atoms with E-state index in [0.717, 1.165) is 0 Å². The number of phenols is 2. The molecule has 0 radical (unpaired) electrons. The van der Waals surface area contributed by atoms with Gasteiger partial charge in [0.1, 0.15) is 23.0 Å². The first kappa shape index (κ1) is 14.9. The first-order valence-electron chi connectivity index (χ1n) is 6.76. The van der Waals surface area contributed by atoms with E-state index in [4.69, 9.17) is 4.74 Å². The maximum atomic E-state index is 12.4. The summed E-state index contributed by atoms with van der Waals surface area (Å²) < 4.78 is 5.32. The first-order chi connectivity index (χ1) is 10.1. The standard InChI is InChI=1S/C17H18O4/c1-3-14(19)17(12-9-8-11(18)10-15(12)20)13-6-4-5-7-16(13)21-2/h4-10,17-18,20H,3H2,1-2H3. The first-order valence-corrected chi connectivity index (χ1v) is 6.76. The van der Waals surface area contributed by atoms with Gasteiger partial charge in [-0.15, -0.1) is 0 Å². The molecule has 2 aromatic carbocycles. The van der Waals surface area contributed by atoms with Gasteiger partial charge in [-0.3, -0.25) is 4.79 Å². The van der Waals surface area contributed by atoms with Crippen LogP contribution in [0.1, 0.15) is 30.4 Å². The Kier molecular flexibility index (Phi) is 4.48. The van der Waals surface area contributed by atoms with Gasteiger partial charge in [-0.1, -0.05) is 31.2 Å². The molecule has 0 saturated carbocycles. The van der Waals surface area contributed by atoms with Crippen LogP contribution in [0.15, 0.2) is 42.5 Å². The minimum atomic E-state index is -0.619. The van der Waals surface area contributed by atoms with Crippen LogP contribution in [0.3, 0.4) is 0 Å². The van der Waals surface area contributed by atoms with E-state index in [-0.39, 0.29) is 17.3 Å². The smallest absolute Gasteiger partial charge is 0.144 e. The number of rotatable bonds is 5. The number of ether oxygens (including phenoxy) is 1. The number of aromatic hydroxyl groups is 2. The number of ketones is 1. The lowest BCUT2D eigenvalue weighted by Crippen LogP contribution is -2.14. The molecule has 0 aliphatic heterocycles. The van der Waals surface area contributed by atoms with Crippen molar-refractivity contribution >= 4 is 5.78 Å².